The lowest BCUT2D eigenvalue weighted by atomic mass is 10.0. The normalized spacial score (nSPS) is 11.6. The van der Waals surface area contributed by atoms with Crippen molar-refractivity contribution in [2.75, 3.05) is 0 Å². The zero-order chi connectivity index (χ0) is 18.6. The third kappa shape index (κ3) is 4.78. The van der Waals surface area contributed by atoms with Crippen molar-refractivity contribution >= 4 is 40.8 Å². The number of halogens is 3. The molecule has 8 heteroatoms. The Kier molecular flexibility index (Phi) is 6.12. The van der Waals surface area contributed by atoms with Crippen molar-refractivity contribution in [1.82, 2.24) is 5.32 Å². The number of carbonyl (C=O) groups is 3. The molecule has 0 fully saturated rings. The van der Waals surface area contributed by atoms with Gasteiger partial charge >= 0.3 is 0 Å². The molecular weight excluding hydrogens is 370 g/mol. The van der Waals surface area contributed by atoms with Gasteiger partial charge in [-0.3, -0.25) is 14.4 Å². The van der Waals surface area contributed by atoms with Gasteiger partial charge in [-0.05, 0) is 17.7 Å². The van der Waals surface area contributed by atoms with E-state index >= 15 is 0 Å². The highest BCUT2D eigenvalue weighted by molar-refractivity contribution is 6.39. The molecule has 0 aliphatic rings. The number of ketones is 1. The van der Waals surface area contributed by atoms with Crippen molar-refractivity contribution in [3.63, 3.8) is 0 Å². The largest absolute Gasteiger partial charge is 0.363 e. The Labute approximate surface area is 152 Å². The van der Waals surface area contributed by atoms with Gasteiger partial charge in [0.2, 0.25) is 5.78 Å². The first-order valence-electron chi connectivity index (χ1n) is 7.12. The minimum atomic E-state index is -1.21. The predicted molar refractivity (Wildman–Crippen MR) is 92.0 cm³/mol. The number of primary amides is 1. The third-order valence-electron chi connectivity index (χ3n) is 3.40. The van der Waals surface area contributed by atoms with Crippen LogP contribution in [0, 0.1) is 5.82 Å². The van der Waals surface area contributed by atoms with Gasteiger partial charge in [-0.25, -0.2) is 4.39 Å². The highest BCUT2D eigenvalue weighted by Crippen LogP contribution is 2.24. The van der Waals surface area contributed by atoms with E-state index in [2.05, 4.69) is 5.32 Å². The molecule has 0 aliphatic heterocycles. The van der Waals surface area contributed by atoms with Crippen molar-refractivity contribution in [1.29, 1.82) is 0 Å². The Morgan fingerprint density at radius 1 is 1.08 bits per heavy atom. The number of nitrogens with one attached hydrogen (secondary N) is 1. The summed E-state index contributed by atoms with van der Waals surface area (Å²) in [5.41, 5.74) is 5.53. The number of amides is 2. The summed E-state index contributed by atoms with van der Waals surface area (Å²) in [5, 5.41) is 2.04. The second-order valence-corrected chi connectivity index (χ2v) is 6.00. The molecule has 0 unspecified atom stereocenters. The Morgan fingerprint density at radius 3 is 2.32 bits per heavy atom. The lowest BCUT2D eigenvalue weighted by Gasteiger charge is -2.17. The monoisotopic (exact) mass is 382 g/mol. The first kappa shape index (κ1) is 18.9. The van der Waals surface area contributed by atoms with Crippen molar-refractivity contribution in [3.05, 3.63) is 69.5 Å². The van der Waals surface area contributed by atoms with Crippen LogP contribution in [0.5, 0.6) is 0 Å². The average Bonchev–Trinajstić information content (AvgIpc) is 2.57. The van der Waals surface area contributed by atoms with Crippen LogP contribution in [-0.4, -0.2) is 23.6 Å². The molecule has 0 bridgehead atoms. The van der Waals surface area contributed by atoms with Crippen molar-refractivity contribution in [3.8, 4) is 0 Å². The first-order valence-corrected chi connectivity index (χ1v) is 7.88. The van der Waals surface area contributed by atoms with E-state index in [9.17, 15) is 18.8 Å². The van der Waals surface area contributed by atoms with Crippen LogP contribution >= 0.6 is 23.2 Å². The van der Waals surface area contributed by atoms with E-state index in [0.717, 1.165) is 12.1 Å². The van der Waals surface area contributed by atoms with Crippen molar-refractivity contribution < 1.29 is 18.8 Å². The molecule has 5 nitrogen and oxygen atoms in total. The van der Waals surface area contributed by atoms with E-state index in [-0.39, 0.29) is 22.0 Å². The quantitative estimate of drug-likeness (QED) is 0.594. The standard InChI is InChI=1S/C17H13Cl2FN2O3/c18-11-8-12(19)13(20)7-10(11)17(25)22-14(15(23)16(21)24)6-9-4-2-1-3-5-9/h1-5,7-8,14H,6H2,(H2,21,24)(H,22,25)/t14-/m0/s1. The van der Waals surface area contributed by atoms with E-state index in [1.165, 1.54) is 0 Å². The summed E-state index contributed by atoms with van der Waals surface area (Å²) in [7, 11) is 0. The van der Waals surface area contributed by atoms with Gasteiger partial charge in [0, 0.05) is 6.42 Å². The molecule has 2 aromatic rings. The number of hydrogen-bond donors (Lipinski definition) is 2. The maximum atomic E-state index is 13.6. The Bertz CT molecular complexity index is 828. The fraction of sp³-hybridized carbons (Fsp3) is 0.118. The Hall–Kier alpha value is -2.44. The fourth-order valence-corrected chi connectivity index (χ4v) is 2.63. The van der Waals surface area contributed by atoms with E-state index < -0.39 is 29.5 Å². The van der Waals surface area contributed by atoms with Crippen LogP contribution in [0.3, 0.4) is 0 Å². The average molecular weight is 383 g/mol. The molecule has 1 atom stereocenters. The summed E-state index contributed by atoms with van der Waals surface area (Å²) in [4.78, 5) is 35.6. The number of benzene rings is 2. The molecule has 2 amide bonds. The molecule has 2 rings (SSSR count). The van der Waals surface area contributed by atoms with Gasteiger partial charge in [-0.1, -0.05) is 53.5 Å². The lowest BCUT2D eigenvalue weighted by molar-refractivity contribution is -0.137. The highest BCUT2D eigenvalue weighted by atomic mass is 35.5. The minimum absolute atomic E-state index is 0.0437. The van der Waals surface area contributed by atoms with Crippen LogP contribution < -0.4 is 11.1 Å². The fourth-order valence-electron chi connectivity index (χ4n) is 2.16. The van der Waals surface area contributed by atoms with Crippen LogP contribution in [0.2, 0.25) is 10.0 Å². The molecule has 0 radical (unpaired) electrons. The molecule has 3 N–H and O–H groups in total. The summed E-state index contributed by atoms with van der Waals surface area (Å²) in [5.74, 6) is -3.81. The summed E-state index contributed by atoms with van der Waals surface area (Å²) < 4.78 is 13.6. The Morgan fingerprint density at radius 2 is 1.72 bits per heavy atom. The van der Waals surface area contributed by atoms with Crippen molar-refractivity contribution in [2.45, 2.75) is 12.5 Å². The van der Waals surface area contributed by atoms with Gasteiger partial charge in [-0.2, -0.15) is 0 Å². The lowest BCUT2D eigenvalue weighted by Crippen LogP contribution is -2.47. The number of carbonyl (C=O) groups excluding carboxylic acids is 3. The number of hydrogen-bond acceptors (Lipinski definition) is 3. The molecular formula is C17H13Cl2FN2O3. The highest BCUT2D eigenvalue weighted by Gasteiger charge is 2.27. The number of Topliss-reactive ketones (excluding diaryl/α,β-unsaturated/α-hetero) is 1. The second-order valence-electron chi connectivity index (χ2n) is 5.19. The summed E-state index contributed by atoms with van der Waals surface area (Å²) in [6, 6.07) is 9.45. The summed E-state index contributed by atoms with van der Waals surface area (Å²) in [6.45, 7) is 0. The summed E-state index contributed by atoms with van der Waals surface area (Å²) >= 11 is 11.5. The molecule has 0 aliphatic carbocycles. The van der Waals surface area contributed by atoms with Gasteiger partial charge < -0.3 is 11.1 Å². The molecule has 0 aromatic heterocycles. The molecule has 25 heavy (non-hydrogen) atoms. The van der Waals surface area contributed by atoms with E-state index in [1.54, 1.807) is 30.3 Å². The van der Waals surface area contributed by atoms with Crippen molar-refractivity contribution in [2.24, 2.45) is 5.73 Å². The Balaban J connectivity index is 2.27. The molecule has 0 saturated heterocycles. The topological polar surface area (TPSA) is 89.3 Å². The maximum Gasteiger partial charge on any atom is 0.287 e. The maximum absolute atomic E-state index is 13.6. The second kappa shape index (κ2) is 8.09. The SMILES string of the molecule is NC(=O)C(=O)[C@H](Cc1ccccc1)NC(=O)c1cc(F)c(Cl)cc1Cl. The predicted octanol–water partition coefficient (Wildman–Crippen LogP) is 2.53. The zero-order valence-electron chi connectivity index (χ0n) is 12.8. The number of rotatable bonds is 6. The van der Waals surface area contributed by atoms with Gasteiger partial charge in [0.15, 0.2) is 0 Å². The van der Waals surface area contributed by atoms with E-state index in [4.69, 9.17) is 28.9 Å². The van der Waals surface area contributed by atoms with Crippen LogP contribution in [-0.2, 0) is 16.0 Å². The van der Waals surface area contributed by atoms with Crippen LogP contribution in [0.4, 0.5) is 4.39 Å². The first-order chi connectivity index (χ1) is 11.8. The zero-order valence-corrected chi connectivity index (χ0v) is 14.3. The molecule has 0 saturated carbocycles. The van der Waals surface area contributed by atoms with Gasteiger partial charge in [0.1, 0.15) is 11.9 Å². The molecule has 130 valence electrons. The van der Waals surface area contributed by atoms with Crippen LogP contribution in [0.1, 0.15) is 15.9 Å². The minimum Gasteiger partial charge on any atom is -0.363 e. The smallest absolute Gasteiger partial charge is 0.287 e. The molecule has 0 spiro atoms. The van der Waals surface area contributed by atoms with E-state index in [1.807, 2.05) is 0 Å². The number of nitrogens with two attached hydrogens (primary N) is 1. The summed E-state index contributed by atoms with van der Waals surface area (Å²) in [6.07, 6.45) is 0.0437. The van der Waals surface area contributed by atoms with Crippen LogP contribution in [0.25, 0.3) is 0 Å². The van der Waals surface area contributed by atoms with Crippen LogP contribution in [0.15, 0.2) is 42.5 Å². The molecule has 0 heterocycles. The van der Waals surface area contributed by atoms with Gasteiger partial charge in [0.05, 0.1) is 15.6 Å². The van der Waals surface area contributed by atoms with Gasteiger partial charge in [-0.15, -0.1) is 0 Å². The van der Waals surface area contributed by atoms with E-state index in [0.29, 0.717) is 5.56 Å². The van der Waals surface area contributed by atoms with Gasteiger partial charge in [0.25, 0.3) is 11.8 Å². The third-order valence-corrected chi connectivity index (χ3v) is 4.00. The molecule has 2 aromatic carbocycles.